The minimum atomic E-state index is -3.93. The Morgan fingerprint density at radius 2 is 2.05 bits per heavy atom. The number of benzene rings is 1. The van der Waals surface area contributed by atoms with Crippen molar-refractivity contribution < 1.29 is 23.0 Å². The van der Waals surface area contributed by atoms with Crippen molar-refractivity contribution in [3.8, 4) is 23.3 Å². The maximum atomic E-state index is 13.6. The highest BCUT2D eigenvalue weighted by atomic mass is 19.3. The van der Waals surface area contributed by atoms with Crippen LogP contribution >= 0.6 is 0 Å². The molecule has 0 aliphatic carbocycles. The first kappa shape index (κ1) is 24.5. The largest absolute Gasteiger partial charge is 0.586 e. The molecule has 37 heavy (non-hydrogen) atoms. The summed E-state index contributed by atoms with van der Waals surface area (Å²) in [4.78, 5) is 46.5. The lowest BCUT2D eigenvalue weighted by Crippen LogP contribution is -2.44. The first-order valence-corrected chi connectivity index (χ1v) is 11.6. The molecule has 2 aliphatic heterocycles. The third kappa shape index (κ3) is 4.23. The second kappa shape index (κ2) is 9.04. The number of anilines is 1. The number of imidazole rings is 1. The summed E-state index contributed by atoms with van der Waals surface area (Å²) in [5.74, 6) is 4.64. The van der Waals surface area contributed by atoms with Crippen molar-refractivity contribution in [2.45, 2.75) is 45.2 Å². The number of piperidine rings is 1. The predicted octanol–water partition coefficient (Wildman–Crippen LogP) is 1.05. The zero-order valence-corrected chi connectivity index (χ0v) is 20.2. The highest BCUT2D eigenvalue weighted by Crippen LogP contribution is 2.43. The number of ether oxygens (including phenoxy) is 2. The highest BCUT2D eigenvalue weighted by molar-refractivity contribution is 5.99. The maximum absolute atomic E-state index is 13.6. The molecule has 1 fully saturated rings. The summed E-state index contributed by atoms with van der Waals surface area (Å²) in [7, 11) is 1.44. The molecule has 11 nitrogen and oxygen atoms in total. The van der Waals surface area contributed by atoms with Crippen LogP contribution < -0.4 is 31.4 Å². The molecule has 4 heterocycles. The van der Waals surface area contributed by atoms with Crippen LogP contribution in [0.1, 0.15) is 30.1 Å². The molecule has 0 saturated carbocycles. The van der Waals surface area contributed by atoms with E-state index < -0.39 is 35.6 Å². The van der Waals surface area contributed by atoms with E-state index in [-0.39, 0.29) is 35.1 Å². The minimum absolute atomic E-state index is 0.0662. The van der Waals surface area contributed by atoms with E-state index in [1.54, 1.807) is 11.5 Å². The summed E-state index contributed by atoms with van der Waals surface area (Å²) in [6, 6.07) is 3.77. The van der Waals surface area contributed by atoms with Crippen LogP contribution in [0.3, 0.4) is 0 Å². The highest BCUT2D eigenvalue weighted by Gasteiger charge is 2.45. The predicted molar refractivity (Wildman–Crippen MR) is 129 cm³/mol. The summed E-state index contributed by atoms with van der Waals surface area (Å²) in [5.41, 5.74) is 4.61. The van der Waals surface area contributed by atoms with E-state index in [4.69, 9.17) is 5.73 Å². The van der Waals surface area contributed by atoms with E-state index >= 15 is 0 Å². The average molecular weight is 514 g/mol. The molecule has 2 N–H and O–H groups in total. The Labute approximate surface area is 209 Å². The van der Waals surface area contributed by atoms with Gasteiger partial charge in [-0.3, -0.25) is 23.3 Å². The fourth-order valence-corrected chi connectivity index (χ4v) is 4.66. The first-order chi connectivity index (χ1) is 17.6. The Kier molecular flexibility index (Phi) is 5.99. The van der Waals surface area contributed by atoms with Gasteiger partial charge in [0.05, 0.1) is 18.7 Å². The fraction of sp³-hybridized carbons (Fsp3) is 0.417. The van der Waals surface area contributed by atoms with Crippen LogP contribution in [0.5, 0.6) is 11.5 Å². The third-order valence-electron chi connectivity index (χ3n) is 6.40. The number of fused-ring (bicyclic) bond motifs is 2. The van der Waals surface area contributed by atoms with Crippen molar-refractivity contribution in [3.63, 3.8) is 0 Å². The molecule has 2 aromatic heterocycles. The summed E-state index contributed by atoms with van der Waals surface area (Å²) in [6.45, 7) is 2.28. The molecule has 0 unspecified atom stereocenters. The molecule has 1 saturated heterocycles. The van der Waals surface area contributed by atoms with Gasteiger partial charge in [0.2, 0.25) is 5.95 Å². The lowest BCUT2D eigenvalue weighted by molar-refractivity contribution is -0.286. The molecule has 1 aromatic carbocycles. The molecular weight excluding hydrogens is 490 g/mol. The summed E-state index contributed by atoms with van der Waals surface area (Å²) >= 11 is 0. The monoisotopic (exact) mass is 514 g/mol. The lowest BCUT2D eigenvalue weighted by Gasteiger charge is -2.31. The van der Waals surface area contributed by atoms with Crippen molar-refractivity contribution in [3.05, 3.63) is 44.6 Å². The second-order valence-electron chi connectivity index (χ2n) is 8.90. The number of para-hydroxylation sites is 1. The van der Waals surface area contributed by atoms with Gasteiger partial charge >= 0.3 is 12.0 Å². The van der Waals surface area contributed by atoms with Crippen molar-refractivity contribution in [2.75, 3.05) is 18.0 Å². The molecular formula is C24H24F2N6O5. The SMILES string of the molecule is CC#CCn1c(N2CCC[C@H](N)C2)nc2c1c(=O)n(CC(=O)c1cccc3c1OC(F)(F)O3)c(=O)n2C. The van der Waals surface area contributed by atoms with E-state index in [9.17, 15) is 23.2 Å². The summed E-state index contributed by atoms with van der Waals surface area (Å²) in [5, 5.41) is 0. The molecule has 0 radical (unpaired) electrons. The Morgan fingerprint density at radius 1 is 1.27 bits per heavy atom. The van der Waals surface area contributed by atoms with Gasteiger partial charge < -0.3 is 20.1 Å². The van der Waals surface area contributed by atoms with E-state index in [0.29, 0.717) is 19.0 Å². The number of aromatic nitrogens is 4. The number of halogens is 2. The zero-order chi connectivity index (χ0) is 26.5. The van der Waals surface area contributed by atoms with Gasteiger partial charge in [-0.15, -0.1) is 14.7 Å². The first-order valence-electron chi connectivity index (χ1n) is 11.6. The molecule has 0 spiro atoms. The molecule has 13 heteroatoms. The summed E-state index contributed by atoms with van der Waals surface area (Å²) in [6.07, 6.45) is -2.22. The molecule has 1 atom stereocenters. The van der Waals surface area contributed by atoms with Gasteiger partial charge in [-0.25, -0.2) is 4.79 Å². The fourth-order valence-electron chi connectivity index (χ4n) is 4.66. The van der Waals surface area contributed by atoms with Gasteiger partial charge in [-0.05, 0) is 31.9 Å². The van der Waals surface area contributed by atoms with Gasteiger partial charge in [0, 0.05) is 26.2 Å². The maximum Gasteiger partial charge on any atom is 0.586 e. The van der Waals surface area contributed by atoms with Crippen molar-refractivity contribution in [2.24, 2.45) is 12.8 Å². The van der Waals surface area contributed by atoms with Crippen molar-refractivity contribution in [1.29, 1.82) is 0 Å². The van der Waals surface area contributed by atoms with Crippen LogP contribution in [-0.4, -0.2) is 49.9 Å². The molecule has 3 aromatic rings. The molecule has 5 rings (SSSR count). The number of Topliss-reactive ketones (excluding diaryl/α,β-unsaturated/α-hetero) is 1. The van der Waals surface area contributed by atoms with Gasteiger partial charge in [0.1, 0.15) is 0 Å². The number of rotatable bonds is 5. The van der Waals surface area contributed by atoms with E-state index in [1.165, 1.54) is 29.8 Å². The number of alkyl halides is 2. The Balaban J connectivity index is 1.62. The van der Waals surface area contributed by atoms with E-state index in [2.05, 4.69) is 26.3 Å². The average Bonchev–Trinajstić information content (AvgIpc) is 3.40. The molecule has 0 bridgehead atoms. The lowest BCUT2D eigenvalue weighted by atomic mass is 10.1. The van der Waals surface area contributed by atoms with Crippen LogP contribution in [0.25, 0.3) is 11.2 Å². The van der Waals surface area contributed by atoms with E-state index in [0.717, 1.165) is 17.4 Å². The smallest absolute Gasteiger partial charge is 0.395 e. The number of carbonyl (C=O) groups is 1. The minimum Gasteiger partial charge on any atom is -0.395 e. The number of carbonyl (C=O) groups excluding carboxylic acids is 1. The van der Waals surface area contributed by atoms with E-state index in [1.807, 2.05) is 4.90 Å². The number of ketones is 1. The third-order valence-corrected chi connectivity index (χ3v) is 6.40. The topological polar surface area (TPSA) is 127 Å². The van der Waals surface area contributed by atoms with Crippen LogP contribution in [0.4, 0.5) is 14.7 Å². The molecule has 194 valence electrons. The van der Waals surface area contributed by atoms with Crippen LogP contribution in [0, 0.1) is 11.8 Å². The molecule has 2 aliphatic rings. The number of nitrogens with zero attached hydrogens (tertiary/aromatic N) is 5. The van der Waals surface area contributed by atoms with Gasteiger partial charge in [-0.2, -0.15) is 4.98 Å². The summed E-state index contributed by atoms with van der Waals surface area (Å²) < 4.78 is 39.6. The van der Waals surface area contributed by atoms with Crippen LogP contribution in [-0.2, 0) is 20.1 Å². The Morgan fingerprint density at radius 3 is 2.78 bits per heavy atom. The van der Waals surface area contributed by atoms with Gasteiger partial charge in [0.25, 0.3) is 5.56 Å². The molecule has 0 amide bonds. The normalized spacial score (nSPS) is 18.1. The second-order valence-corrected chi connectivity index (χ2v) is 8.90. The van der Waals surface area contributed by atoms with Crippen molar-refractivity contribution in [1.82, 2.24) is 18.7 Å². The van der Waals surface area contributed by atoms with Crippen LogP contribution in [0.2, 0.25) is 0 Å². The number of hydrogen-bond donors (Lipinski definition) is 1. The number of hydrogen-bond acceptors (Lipinski definition) is 8. The number of aryl methyl sites for hydroxylation is 1. The quantitative estimate of drug-likeness (QED) is 0.396. The zero-order valence-electron chi connectivity index (χ0n) is 20.2. The van der Waals surface area contributed by atoms with Crippen molar-refractivity contribution >= 4 is 22.9 Å². The number of nitrogens with two attached hydrogens (primary N) is 1. The Hall–Kier alpha value is -4.18. The van der Waals surface area contributed by atoms with Gasteiger partial charge in [-0.1, -0.05) is 12.0 Å². The van der Waals surface area contributed by atoms with Crippen LogP contribution in [0.15, 0.2) is 27.8 Å². The van der Waals surface area contributed by atoms with Gasteiger partial charge in [0.15, 0.2) is 28.4 Å². The Bertz CT molecular complexity index is 1600. The standard InChI is InChI=1S/C24H24F2N6O5/c1-3-4-11-31-18-20(28-22(31)30-10-6-7-14(27)12-30)29(2)23(35)32(21(18)34)13-16(33)15-8-5-9-17-19(15)37-24(25,26)36-17/h5,8-9,14H,6-7,10-13,27H2,1-2H3/t14-/m0/s1.